The smallest absolute Gasteiger partial charge is 0.302 e. The van der Waals surface area contributed by atoms with E-state index in [4.69, 9.17) is 10.00 Å². The van der Waals surface area contributed by atoms with Gasteiger partial charge < -0.3 is 4.74 Å². The number of carbonyl (C=O) groups is 1. The van der Waals surface area contributed by atoms with Gasteiger partial charge in [-0.1, -0.05) is 19.9 Å². The van der Waals surface area contributed by atoms with Crippen LogP contribution < -0.4 is 0 Å². The molecular formula is C11H17NO2. The number of hydrogen-bond acceptors (Lipinski definition) is 3. The number of nitriles is 1. The quantitative estimate of drug-likeness (QED) is 0.511. The second-order valence-corrected chi connectivity index (χ2v) is 4.08. The summed E-state index contributed by atoms with van der Waals surface area (Å²) in [7, 11) is 0. The molecule has 1 unspecified atom stereocenters. The molecule has 0 N–H and O–H groups in total. The molecule has 0 aromatic heterocycles. The van der Waals surface area contributed by atoms with Gasteiger partial charge in [-0.2, -0.15) is 5.26 Å². The van der Waals surface area contributed by atoms with Gasteiger partial charge in [0.1, 0.15) is 0 Å². The van der Waals surface area contributed by atoms with Gasteiger partial charge in [0.15, 0.2) is 0 Å². The van der Waals surface area contributed by atoms with E-state index in [-0.39, 0.29) is 17.5 Å². The van der Waals surface area contributed by atoms with Gasteiger partial charge in [0.25, 0.3) is 0 Å². The Labute approximate surface area is 85.4 Å². The second-order valence-electron chi connectivity index (χ2n) is 4.08. The molecule has 0 bridgehead atoms. The van der Waals surface area contributed by atoms with Crippen molar-refractivity contribution in [3.63, 3.8) is 0 Å². The van der Waals surface area contributed by atoms with E-state index in [1.165, 1.54) is 13.0 Å². The highest BCUT2D eigenvalue weighted by Crippen LogP contribution is 2.25. The molecule has 14 heavy (non-hydrogen) atoms. The molecule has 0 aromatic carbocycles. The monoisotopic (exact) mass is 195 g/mol. The molecule has 0 spiro atoms. The van der Waals surface area contributed by atoms with Crippen molar-refractivity contribution in [3.8, 4) is 6.07 Å². The van der Waals surface area contributed by atoms with E-state index in [9.17, 15) is 4.79 Å². The van der Waals surface area contributed by atoms with Crippen molar-refractivity contribution in [2.45, 2.75) is 40.2 Å². The Morgan fingerprint density at radius 1 is 1.64 bits per heavy atom. The number of hydrogen-bond donors (Lipinski definition) is 0. The van der Waals surface area contributed by atoms with Gasteiger partial charge in [0.05, 0.1) is 12.2 Å². The third kappa shape index (κ3) is 6.24. The van der Waals surface area contributed by atoms with Crippen molar-refractivity contribution < 1.29 is 9.53 Å². The van der Waals surface area contributed by atoms with E-state index < -0.39 is 0 Å². The van der Waals surface area contributed by atoms with Gasteiger partial charge in [-0.25, -0.2) is 0 Å². The summed E-state index contributed by atoms with van der Waals surface area (Å²) < 4.78 is 5.01. The van der Waals surface area contributed by atoms with Crippen LogP contribution in [0.15, 0.2) is 12.2 Å². The van der Waals surface area contributed by atoms with Gasteiger partial charge >= 0.3 is 5.97 Å². The molecule has 3 nitrogen and oxygen atoms in total. The van der Waals surface area contributed by atoms with Gasteiger partial charge in [0.2, 0.25) is 0 Å². The van der Waals surface area contributed by atoms with E-state index in [1.54, 1.807) is 0 Å². The molecule has 0 rings (SSSR count). The largest absolute Gasteiger partial charge is 0.463 e. The average molecular weight is 195 g/mol. The van der Waals surface area contributed by atoms with Crippen LogP contribution in [0.25, 0.3) is 0 Å². The maximum Gasteiger partial charge on any atom is 0.302 e. The van der Waals surface area contributed by atoms with Gasteiger partial charge in [0, 0.05) is 13.0 Å². The van der Waals surface area contributed by atoms with Crippen LogP contribution in [0.5, 0.6) is 0 Å². The Bertz CT molecular complexity index is 261. The minimum Gasteiger partial charge on any atom is -0.463 e. The predicted molar refractivity (Wildman–Crippen MR) is 54.4 cm³/mol. The molecule has 0 aliphatic carbocycles. The third-order valence-electron chi connectivity index (χ3n) is 1.79. The van der Waals surface area contributed by atoms with Crippen LogP contribution in [0.4, 0.5) is 0 Å². The predicted octanol–water partition coefficient (Wildman–Crippen LogP) is 2.43. The second kappa shape index (κ2) is 5.43. The highest BCUT2D eigenvalue weighted by Gasteiger charge is 2.19. The van der Waals surface area contributed by atoms with Crippen molar-refractivity contribution in [3.05, 3.63) is 12.2 Å². The molecule has 0 fully saturated rings. The molecule has 0 aliphatic heterocycles. The zero-order chi connectivity index (χ0) is 11.2. The lowest BCUT2D eigenvalue weighted by atomic mass is 9.86. The zero-order valence-corrected chi connectivity index (χ0v) is 9.20. The Hall–Kier alpha value is -1.30. The Kier molecular flexibility index (Phi) is 4.93. The van der Waals surface area contributed by atoms with Gasteiger partial charge in [-0.05, 0) is 18.8 Å². The molecule has 0 aromatic rings. The van der Waals surface area contributed by atoms with Crippen LogP contribution in [0.1, 0.15) is 34.1 Å². The fourth-order valence-corrected chi connectivity index (χ4v) is 1.40. The van der Waals surface area contributed by atoms with E-state index in [0.29, 0.717) is 6.42 Å². The number of nitrogens with zero attached hydrogens (tertiary/aromatic N) is 1. The lowest BCUT2D eigenvalue weighted by Gasteiger charge is -2.23. The molecule has 0 amide bonds. The number of esters is 1. The standard InChI is InChI=1S/C11H17NO2/c1-9(14-10(2)13)8-11(3,4)6-5-7-12/h5-6,9H,8H2,1-4H3/b6-5-. The molecule has 0 heterocycles. The SMILES string of the molecule is CC(=O)OC(C)CC(C)(C)/C=C\C#N. The maximum absolute atomic E-state index is 10.7. The number of carbonyl (C=O) groups excluding carboxylic acids is 1. The van der Waals surface area contributed by atoms with Crippen LogP contribution in [0.3, 0.4) is 0 Å². The summed E-state index contributed by atoms with van der Waals surface area (Å²) in [5.41, 5.74) is -0.120. The van der Waals surface area contributed by atoms with Crippen molar-refractivity contribution in [2.75, 3.05) is 0 Å². The Balaban J connectivity index is 4.15. The molecule has 0 aliphatic rings. The number of rotatable bonds is 4. The third-order valence-corrected chi connectivity index (χ3v) is 1.79. The molecule has 0 radical (unpaired) electrons. The fourth-order valence-electron chi connectivity index (χ4n) is 1.40. The summed E-state index contributed by atoms with van der Waals surface area (Å²) in [4.78, 5) is 10.7. The van der Waals surface area contributed by atoms with Crippen LogP contribution in [0, 0.1) is 16.7 Å². The van der Waals surface area contributed by atoms with Crippen LogP contribution in [-0.4, -0.2) is 12.1 Å². The topological polar surface area (TPSA) is 50.1 Å². The Morgan fingerprint density at radius 3 is 2.64 bits per heavy atom. The van der Waals surface area contributed by atoms with Crippen molar-refractivity contribution in [1.29, 1.82) is 5.26 Å². The first-order valence-electron chi connectivity index (χ1n) is 4.62. The van der Waals surface area contributed by atoms with Gasteiger partial charge in [-0.15, -0.1) is 0 Å². The zero-order valence-electron chi connectivity index (χ0n) is 9.20. The Morgan fingerprint density at radius 2 is 2.21 bits per heavy atom. The van der Waals surface area contributed by atoms with Crippen LogP contribution >= 0.6 is 0 Å². The van der Waals surface area contributed by atoms with Crippen molar-refractivity contribution in [1.82, 2.24) is 0 Å². The molecule has 0 saturated carbocycles. The van der Waals surface area contributed by atoms with Crippen molar-refractivity contribution >= 4 is 5.97 Å². The summed E-state index contributed by atoms with van der Waals surface area (Å²) in [6.07, 6.45) is 3.88. The average Bonchev–Trinajstić information content (AvgIpc) is 1.98. The number of ether oxygens (including phenoxy) is 1. The first-order valence-corrected chi connectivity index (χ1v) is 4.62. The highest BCUT2D eigenvalue weighted by molar-refractivity contribution is 5.66. The molecular weight excluding hydrogens is 178 g/mol. The van der Waals surface area contributed by atoms with Crippen LogP contribution in [0.2, 0.25) is 0 Å². The summed E-state index contributed by atoms with van der Waals surface area (Å²) in [5.74, 6) is -0.266. The van der Waals surface area contributed by atoms with Crippen molar-refractivity contribution in [2.24, 2.45) is 5.41 Å². The van der Waals surface area contributed by atoms with Crippen LogP contribution in [-0.2, 0) is 9.53 Å². The molecule has 3 heteroatoms. The summed E-state index contributed by atoms with van der Waals surface area (Å²) >= 11 is 0. The van der Waals surface area contributed by atoms with E-state index in [1.807, 2.05) is 32.9 Å². The van der Waals surface area contributed by atoms with E-state index >= 15 is 0 Å². The van der Waals surface area contributed by atoms with E-state index in [0.717, 1.165) is 0 Å². The maximum atomic E-state index is 10.7. The minimum atomic E-state index is -0.266. The minimum absolute atomic E-state index is 0.120. The highest BCUT2D eigenvalue weighted by atomic mass is 16.5. The molecule has 0 saturated heterocycles. The first-order chi connectivity index (χ1) is 6.37. The number of allylic oxidation sites excluding steroid dienone is 2. The fraction of sp³-hybridized carbons (Fsp3) is 0.636. The first kappa shape index (κ1) is 12.7. The van der Waals surface area contributed by atoms with Gasteiger partial charge in [-0.3, -0.25) is 4.79 Å². The lowest BCUT2D eigenvalue weighted by molar-refractivity contribution is -0.146. The molecule has 78 valence electrons. The normalized spacial score (nSPS) is 13.6. The lowest BCUT2D eigenvalue weighted by Crippen LogP contribution is -2.20. The van der Waals surface area contributed by atoms with E-state index in [2.05, 4.69) is 0 Å². The summed E-state index contributed by atoms with van der Waals surface area (Å²) in [6, 6.07) is 1.95. The molecule has 1 atom stereocenters. The summed E-state index contributed by atoms with van der Waals surface area (Å²) in [5, 5.41) is 8.39. The summed E-state index contributed by atoms with van der Waals surface area (Å²) in [6.45, 7) is 7.25.